The average molecular weight is 507 g/mol. The van der Waals surface area contributed by atoms with Gasteiger partial charge in [-0.05, 0) is 56.0 Å². The van der Waals surface area contributed by atoms with Crippen molar-refractivity contribution in [2.45, 2.75) is 44.0 Å². The topological polar surface area (TPSA) is 80.1 Å². The van der Waals surface area contributed by atoms with Gasteiger partial charge in [-0.25, -0.2) is 0 Å². The first-order valence-corrected chi connectivity index (χ1v) is 12.2. The highest BCUT2D eigenvalue weighted by atomic mass is 19.4. The van der Waals surface area contributed by atoms with Crippen molar-refractivity contribution >= 4 is 23.0 Å². The second kappa shape index (κ2) is 11.3. The normalized spacial score (nSPS) is 20.8. The van der Waals surface area contributed by atoms with Gasteiger partial charge in [-0.15, -0.1) is 0 Å². The zero-order valence-corrected chi connectivity index (χ0v) is 20.4. The van der Waals surface area contributed by atoms with E-state index in [2.05, 4.69) is 10.2 Å². The van der Waals surface area contributed by atoms with Crippen LogP contribution in [0.25, 0.3) is 0 Å². The van der Waals surface area contributed by atoms with Gasteiger partial charge in [-0.1, -0.05) is 6.07 Å². The molecule has 3 N–H and O–H groups in total. The first-order chi connectivity index (χ1) is 17.2. The van der Waals surface area contributed by atoms with E-state index in [1.807, 2.05) is 29.2 Å². The van der Waals surface area contributed by atoms with E-state index in [4.69, 9.17) is 15.2 Å². The minimum absolute atomic E-state index is 0.0119. The third kappa shape index (κ3) is 6.54. The number of nitrogens with two attached hydrogens (primary N) is 1. The van der Waals surface area contributed by atoms with E-state index < -0.39 is 11.7 Å². The fourth-order valence-electron chi connectivity index (χ4n) is 4.80. The van der Waals surface area contributed by atoms with E-state index in [0.29, 0.717) is 18.8 Å². The summed E-state index contributed by atoms with van der Waals surface area (Å²) >= 11 is 0. The van der Waals surface area contributed by atoms with Crippen LogP contribution in [0, 0.1) is 0 Å². The number of piperazine rings is 1. The van der Waals surface area contributed by atoms with E-state index in [9.17, 15) is 18.0 Å². The monoisotopic (exact) mass is 506 g/mol. The van der Waals surface area contributed by atoms with Crippen molar-refractivity contribution in [3.05, 3.63) is 48.0 Å². The van der Waals surface area contributed by atoms with E-state index in [-0.39, 0.29) is 30.3 Å². The van der Waals surface area contributed by atoms with E-state index in [1.54, 1.807) is 13.2 Å². The number of carbonyl (C=O) groups excluding carboxylic acids is 1. The van der Waals surface area contributed by atoms with Crippen LogP contribution in [0.15, 0.2) is 42.5 Å². The molecule has 36 heavy (non-hydrogen) atoms. The molecule has 2 aromatic carbocycles. The van der Waals surface area contributed by atoms with Gasteiger partial charge >= 0.3 is 6.18 Å². The Morgan fingerprint density at radius 2 is 1.78 bits per heavy atom. The predicted molar refractivity (Wildman–Crippen MR) is 133 cm³/mol. The third-order valence-corrected chi connectivity index (χ3v) is 6.90. The number of nitrogens with one attached hydrogen (secondary N) is 1. The number of alkyl halides is 3. The van der Waals surface area contributed by atoms with Crippen LogP contribution in [-0.2, 0) is 15.7 Å². The molecule has 1 aliphatic heterocycles. The van der Waals surface area contributed by atoms with Gasteiger partial charge in [0.05, 0.1) is 18.8 Å². The summed E-state index contributed by atoms with van der Waals surface area (Å²) in [7, 11) is 1.64. The van der Waals surface area contributed by atoms with Gasteiger partial charge in [-0.3, -0.25) is 4.79 Å². The first-order valence-electron chi connectivity index (χ1n) is 12.2. The molecule has 0 aromatic heterocycles. The van der Waals surface area contributed by atoms with Crippen molar-refractivity contribution in [2.24, 2.45) is 0 Å². The molecule has 2 fully saturated rings. The molecule has 1 saturated heterocycles. The minimum Gasteiger partial charge on any atom is -0.497 e. The summed E-state index contributed by atoms with van der Waals surface area (Å²) in [6.07, 6.45) is -1.51. The fourth-order valence-corrected chi connectivity index (χ4v) is 4.80. The van der Waals surface area contributed by atoms with Gasteiger partial charge in [0.1, 0.15) is 12.4 Å². The Hall–Kier alpha value is -3.14. The Kier molecular flexibility index (Phi) is 8.13. The standard InChI is InChI=1S/C26H33F3N4O3/c1-35-22-4-2-3-20(16-22)32-11-13-33(14-12-32)25(34)17-36-21-8-5-18(6-9-21)31-19-7-10-24(30)23(15-19)26(27,28)29/h2-4,7,10,15-16,18,21,31H,5-6,8-9,11-14,17,30H2,1H3. The lowest BCUT2D eigenvalue weighted by Crippen LogP contribution is -2.50. The van der Waals surface area contributed by atoms with Crippen LogP contribution in [0.3, 0.4) is 0 Å². The molecule has 196 valence electrons. The van der Waals surface area contributed by atoms with Crippen LogP contribution < -0.4 is 20.7 Å². The van der Waals surface area contributed by atoms with Gasteiger partial charge in [0.2, 0.25) is 5.91 Å². The summed E-state index contributed by atoms with van der Waals surface area (Å²) in [6.45, 7) is 2.82. The number of nitrogens with zero attached hydrogens (tertiary/aromatic N) is 2. The van der Waals surface area contributed by atoms with Gasteiger partial charge in [-0.2, -0.15) is 13.2 Å². The molecule has 0 bridgehead atoms. The van der Waals surface area contributed by atoms with E-state index in [0.717, 1.165) is 56.3 Å². The second-order valence-electron chi connectivity index (χ2n) is 9.30. The Balaban J connectivity index is 1.18. The second-order valence-corrected chi connectivity index (χ2v) is 9.30. The Morgan fingerprint density at radius 3 is 2.44 bits per heavy atom. The lowest BCUT2D eigenvalue weighted by atomic mass is 9.92. The molecule has 7 nitrogen and oxygen atoms in total. The molecule has 0 spiro atoms. The zero-order valence-electron chi connectivity index (χ0n) is 20.4. The average Bonchev–Trinajstić information content (AvgIpc) is 2.88. The fraction of sp³-hybridized carbons (Fsp3) is 0.500. The number of rotatable bonds is 7. The molecule has 1 aliphatic carbocycles. The molecule has 2 aromatic rings. The quantitative estimate of drug-likeness (QED) is 0.543. The van der Waals surface area contributed by atoms with Gasteiger partial charge in [0.25, 0.3) is 0 Å². The SMILES string of the molecule is COc1cccc(N2CCN(C(=O)COC3CCC(Nc4ccc(N)c(C(F)(F)F)c4)CC3)CC2)c1. The molecular weight excluding hydrogens is 473 g/mol. The number of anilines is 3. The molecule has 1 amide bonds. The van der Waals surface area contributed by atoms with Crippen LogP contribution in [0.5, 0.6) is 5.75 Å². The van der Waals surface area contributed by atoms with E-state index >= 15 is 0 Å². The molecular formula is C26H33F3N4O3. The smallest absolute Gasteiger partial charge is 0.418 e. The maximum Gasteiger partial charge on any atom is 0.418 e. The molecule has 10 heteroatoms. The number of carbonyl (C=O) groups is 1. The highest BCUT2D eigenvalue weighted by molar-refractivity contribution is 5.77. The number of amides is 1. The van der Waals surface area contributed by atoms with Crippen molar-refractivity contribution in [3.8, 4) is 5.75 Å². The highest BCUT2D eigenvalue weighted by Gasteiger charge is 2.33. The third-order valence-electron chi connectivity index (χ3n) is 6.90. The summed E-state index contributed by atoms with van der Waals surface area (Å²) < 4.78 is 50.5. The molecule has 2 aliphatic rings. The van der Waals surface area contributed by atoms with E-state index in [1.165, 1.54) is 6.07 Å². The summed E-state index contributed by atoms with van der Waals surface area (Å²) in [5, 5.41) is 3.18. The number of halogens is 3. The van der Waals surface area contributed by atoms with Crippen molar-refractivity contribution < 1.29 is 27.4 Å². The summed E-state index contributed by atoms with van der Waals surface area (Å²) in [5.41, 5.74) is 5.86. The van der Waals surface area contributed by atoms with Crippen molar-refractivity contribution in [3.63, 3.8) is 0 Å². The maximum atomic E-state index is 13.1. The Labute approximate surface area is 209 Å². The first kappa shape index (κ1) is 25.9. The number of hydrogen-bond donors (Lipinski definition) is 2. The van der Waals surface area contributed by atoms with Crippen LogP contribution in [0.2, 0.25) is 0 Å². The molecule has 4 rings (SSSR count). The number of benzene rings is 2. The number of hydrogen-bond acceptors (Lipinski definition) is 6. The van der Waals surface area contributed by atoms with Crippen molar-refractivity contribution in [2.75, 3.05) is 55.8 Å². The van der Waals surface area contributed by atoms with Gasteiger partial charge in [0, 0.05) is 55.3 Å². The van der Waals surface area contributed by atoms with Gasteiger partial charge in [0.15, 0.2) is 0 Å². The highest BCUT2D eigenvalue weighted by Crippen LogP contribution is 2.36. The maximum absolute atomic E-state index is 13.1. The largest absolute Gasteiger partial charge is 0.497 e. The van der Waals surface area contributed by atoms with Crippen molar-refractivity contribution in [1.29, 1.82) is 0 Å². The Morgan fingerprint density at radius 1 is 1.06 bits per heavy atom. The predicted octanol–water partition coefficient (Wildman–Crippen LogP) is 4.38. The molecule has 0 unspecified atom stereocenters. The summed E-state index contributed by atoms with van der Waals surface area (Å²) in [5.74, 6) is 0.797. The number of ether oxygens (including phenoxy) is 2. The molecule has 1 heterocycles. The Bertz CT molecular complexity index is 1030. The summed E-state index contributed by atoms with van der Waals surface area (Å²) in [6, 6.07) is 11.9. The molecule has 0 radical (unpaired) electrons. The van der Waals surface area contributed by atoms with Crippen molar-refractivity contribution in [1.82, 2.24) is 4.90 Å². The lowest BCUT2D eigenvalue weighted by molar-refractivity contribution is -0.139. The van der Waals surface area contributed by atoms with Crippen LogP contribution in [0.1, 0.15) is 31.2 Å². The molecule has 0 atom stereocenters. The van der Waals surface area contributed by atoms with Crippen LogP contribution in [-0.4, -0.2) is 62.8 Å². The van der Waals surface area contributed by atoms with Crippen LogP contribution in [0.4, 0.5) is 30.2 Å². The van der Waals surface area contributed by atoms with Crippen LogP contribution >= 0.6 is 0 Å². The lowest BCUT2D eigenvalue weighted by Gasteiger charge is -2.36. The minimum atomic E-state index is -4.48. The van der Waals surface area contributed by atoms with Gasteiger partial charge < -0.3 is 30.3 Å². The zero-order chi connectivity index (χ0) is 25.7. The number of methoxy groups -OCH3 is 1. The summed E-state index contributed by atoms with van der Waals surface area (Å²) in [4.78, 5) is 16.8. The molecule has 1 saturated carbocycles. The number of nitrogen functional groups attached to an aromatic ring is 1.